The summed E-state index contributed by atoms with van der Waals surface area (Å²) in [5.41, 5.74) is 1.97. The first-order valence-corrected chi connectivity index (χ1v) is 19.0. The number of benzene rings is 2. The SMILES string of the molecule is CCCc1cc(Cl)ccc1C1COc2ccc3cc2N(CCC(CC)C(OC(=O)N2CCNC(C)C2)/C=C/COC(C)(C)C(=O)NS3=O)C1. The van der Waals surface area contributed by atoms with Crippen molar-refractivity contribution in [3.8, 4) is 5.75 Å². The van der Waals surface area contributed by atoms with E-state index in [1.807, 2.05) is 30.4 Å². The van der Waals surface area contributed by atoms with Crippen molar-refractivity contribution in [2.45, 2.75) is 88.9 Å². The zero-order valence-electron chi connectivity index (χ0n) is 29.3. The van der Waals surface area contributed by atoms with Crippen molar-refractivity contribution in [2.24, 2.45) is 5.92 Å². The van der Waals surface area contributed by atoms with Crippen LogP contribution in [0.15, 0.2) is 53.4 Å². The number of nitrogens with one attached hydrogen (secondary N) is 2. The average Bonchev–Trinajstić information content (AvgIpc) is 3.25. The van der Waals surface area contributed by atoms with Gasteiger partial charge in [0.2, 0.25) is 0 Å². The van der Waals surface area contributed by atoms with Crippen LogP contribution in [0.25, 0.3) is 0 Å². The number of halogens is 1. The van der Waals surface area contributed by atoms with E-state index in [4.69, 9.17) is 25.8 Å². The number of carbonyl (C=O) groups is 2. The molecular weight excluding hydrogens is 664 g/mol. The lowest BCUT2D eigenvalue weighted by atomic mass is 9.91. The van der Waals surface area contributed by atoms with Gasteiger partial charge in [0, 0.05) is 55.6 Å². The first-order chi connectivity index (χ1) is 23.5. The Morgan fingerprint density at radius 1 is 1.14 bits per heavy atom. The second kappa shape index (κ2) is 16.7. The van der Waals surface area contributed by atoms with Crippen molar-refractivity contribution in [2.75, 3.05) is 50.8 Å². The molecule has 5 atom stereocenters. The second-order valence-electron chi connectivity index (χ2n) is 13.7. The highest BCUT2D eigenvalue weighted by Gasteiger charge is 2.33. The number of carbonyl (C=O) groups excluding carboxylic acids is 2. The minimum atomic E-state index is -1.82. The van der Waals surface area contributed by atoms with E-state index in [9.17, 15) is 13.8 Å². The Morgan fingerprint density at radius 3 is 2.71 bits per heavy atom. The van der Waals surface area contributed by atoms with E-state index in [1.54, 1.807) is 24.8 Å². The van der Waals surface area contributed by atoms with E-state index < -0.39 is 28.6 Å². The van der Waals surface area contributed by atoms with Crippen LogP contribution in [0.5, 0.6) is 5.75 Å². The highest BCUT2D eigenvalue weighted by molar-refractivity contribution is 7.83. The van der Waals surface area contributed by atoms with Gasteiger partial charge in [-0.2, -0.15) is 0 Å². The predicted molar refractivity (Wildman–Crippen MR) is 194 cm³/mol. The maximum Gasteiger partial charge on any atom is 0.410 e. The quantitative estimate of drug-likeness (QED) is 0.364. The minimum absolute atomic E-state index is 0.000626. The molecule has 0 aromatic heterocycles. The fraction of sp³-hybridized carbons (Fsp3) is 0.568. The Balaban J connectivity index is 1.50. The molecule has 0 radical (unpaired) electrons. The van der Waals surface area contributed by atoms with Crippen LogP contribution in [0.3, 0.4) is 0 Å². The normalized spacial score (nSPS) is 27.0. The molecule has 5 unspecified atom stereocenters. The molecule has 268 valence electrons. The van der Waals surface area contributed by atoms with E-state index >= 15 is 0 Å². The Kier molecular flexibility index (Phi) is 12.7. The molecule has 2 bridgehead atoms. The molecule has 2 aromatic carbocycles. The molecule has 49 heavy (non-hydrogen) atoms. The number of hydrogen-bond donors (Lipinski definition) is 2. The molecule has 2 N–H and O–H groups in total. The van der Waals surface area contributed by atoms with Gasteiger partial charge in [-0.05, 0) is 87.6 Å². The molecule has 1 fully saturated rings. The zero-order valence-corrected chi connectivity index (χ0v) is 30.9. The van der Waals surface area contributed by atoms with Crippen molar-refractivity contribution in [3.05, 3.63) is 64.7 Å². The van der Waals surface area contributed by atoms with E-state index in [0.29, 0.717) is 48.5 Å². The van der Waals surface area contributed by atoms with Crippen LogP contribution in [-0.2, 0) is 31.7 Å². The third kappa shape index (κ3) is 9.36. The molecule has 0 aliphatic carbocycles. The summed E-state index contributed by atoms with van der Waals surface area (Å²) >= 11 is 6.43. The summed E-state index contributed by atoms with van der Waals surface area (Å²) in [6, 6.07) is 11.7. The fourth-order valence-electron chi connectivity index (χ4n) is 6.73. The van der Waals surface area contributed by atoms with Gasteiger partial charge in [-0.3, -0.25) is 9.52 Å². The van der Waals surface area contributed by atoms with E-state index in [1.165, 1.54) is 11.1 Å². The predicted octanol–water partition coefficient (Wildman–Crippen LogP) is 5.99. The van der Waals surface area contributed by atoms with Crippen molar-refractivity contribution in [1.29, 1.82) is 0 Å². The summed E-state index contributed by atoms with van der Waals surface area (Å²) < 4.78 is 34.8. The van der Waals surface area contributed by atoms with Crippen LogP contribution in [0.4, 0.5) is 10.5 Å². The van der Waals surface area contributed by atoms with Gasteiger partial charge < -0.3 is 29.3 Å². The number of aryl methyl sites for hydroxylation is 1. The number of hydrogen-bond acceptors (Lipinski definition) is 8. The standard InChI is InChI=1S/C37H51ClN4O6S/c1-6-9-27-20-29(38)11-13-31(27)28-23-41-17-15-26(7-2)33(48-36(44)42-18-16-39-25(3)22-42)10-8-19-47-37(4,5)35(43)40-49(45)30-12-14-34(46-24-28)32(41)21-30/h8,10-14,20-21,25-26,28,33,39H,6-7,9,15-19,22-24H2,1-5H3,(H,40,43)/b10-8+. The summed E-state index contributed by atoms with van der Waals surface area (Å²) in [4.78, 5) is 31.2. The topological polar surface area (TPSA) is 109 Å². The maximum absolute atomic E-state index is 13.5. The van der Waals surface area contributed by atoms with Gasteiger partial charge in [0.15, 0.2) is 11.0 Å². The summed E-state index contributed by atoms with van der Waals surface area (Å²) in [7, 11) is -1.82. The van der Waals surface area contributed by atoms with Crippen LogP contribution < -0.4 is 19.7 Å². The number of fused-ring (bicyclic) bond motifs is 1. The Morgan fingerprint density at radius 2 is 1.96 bits per heavy atom. The van der Waals surface area contributed by atoms with Crippen LogP contribution in [-0.4, -0.2) is 84.8 Å². The number of rotatable bonds is 5. The monoisotopic (exact) mass is 714 g/mol. The number of amides is 2. The molecule has 2 amide bonds. The summed E-state index contributed by atoms with van der Waals surface area (Å²) in [6.45, 7) is 13.4. The molecular formula is C37H51ClN4O6S. The third-order valence-electron chi connectivity index (χ3n) is 9.65. The number of anilines is 1. The van der Waals surface area contributed by atoms with Crippen molar-refractivity contribution < 1.29 is 28.0 Å². The molecule has 0 saturated carbocycles. The van der Waals surface area contributed by atoms with Gasteiger partial charge in [-0.25, -0.2) is 9.00 Å². The molecule has 3 aliphatic heterocycles. The lowest BCUT2D eigenvalue weighted by Gasteiger charge is -2.34. The molecule has 1 saturated heterocycles. The van der Waals surface area contributed by atoms with E-state index in [-0.39, 0.29) is 30.6 Å². The molecule has 3 aliphatic rings. The lowest BCUT2D eigenvalue weighted by molar-refractivity contribution is -0.139. The molecule has 12 heteroatoms. The summed E-state index contributed by atoms with van der Waals surface area (Å²) in [5, 5.41) is 4.09. The molecule has 2 aromatic rings. The zero-order chi connectivity index (χ0) is 35.1. The highest BCUT2D eigenvalue weighted by atomic mass is 35.5. The van der Waals surface area contributed by atoms with Crippen molar-refractivity contribution in [3.63, 3.8) is 0 Å². The number of nitrogens with zero attached hydrogens (tertiary/aromatic N) is 2. The second-order valence-corrected chi connectivity index (χ2v) is 15.4. The van der Waals surface area contributed by atoms with Crippen LogP contribution in [0.2, 0.25) is 5.02 Å². The Labute approximate surface area is 298 Å². The van der Waals surface area contributed by atoms with Crippen molar-refractivity contribution in [1.82, 2.24) is 14.9 Å². The van der Waals surface area contributed by atoms with Gasteiger partial charge in [0.05, 0.1) is 23.8 Å². The van der Waals surface area contributed by atoms with Gasteiger partial charge in [0.1, 0.15) is 17.5 Å². The van der Waals surface area contributed by atoms with Gasteiger partial charge >= 0.3 is 6.09 Å². The summed E-state index contributed by atoms with van der Waals surface area (Å²) in [5.74, 6) is 0.239. The number of ether oxygens (including phenoxy) is 3. The maximum atomic E-state index is 13.5. The smallest absolute Gasteiger partial charge is 0.410 e. The minimum Gasteiger partial charge on any atom is -0.491 e. The first kappa shape index (κ1) is 37.1. The Hall–Kier alpha value is -3.12. The third-order valence-corrected chi connectivity index (χ3v) is 10.9. The largest absolute Gasteiger partial charge is 0.491 e. The number of piperazine rings is 1. The molecule has 3 heterocycles. The molecule has 5 rings (SSSR count). The van der Waals surface area contributed by atoms with E-state index in [2.05, 4.69) is 47.8 Å². The van der Waals surface area contributed by atoms with Gasteiger partial charge in [0.25, 0.3) is 5.91 Å². The van der Waals surface area contributed by atoms with Crippen LogP contribution in [0.1, 0.15) is 70.9 Å². The van der Waals surface area contributed by atoms with Crippen LogP contribution in [0, 0.1) is 5.92 Å². The fourth-order valence-corrected chi connectivity index (χ4v) is 7.87. The van der Waals surface area contributed by atoms with Crippen molar-refractivity contribution >= 4 is 40.3 Å². The van der Waals surface area contributed by atoms with Gasteiger partial charge in [-0.15, -0.1) is 0 Å². The van der Waals surface area contributed by atoms with Gasteiger partial charge in [-0.1, -0.05) is 44.0 Å². The lowest BCUT2D eigenvalue weighted by Crippen LogP contribution is -2.52. The summed E-state index contributed by atoms with van der Waals surface area (Å²) in [6.07, 6.45) is 6.27. The van der Waals surface area contributed by atoms with Crippen LogP contribution >= 0.6 is 11.6 Å². The average molecular weight is 715 g/mol. The molecule has 10 nitrogen and oxygen atoms in total. The molecule has 0 spiro atoms. The van der Waals surface area contributed by atoms with E-state index in [0.717, 1.165) is 37.9 Å². The highest BCUT2D eigenvalue weighted by Crippen LogP contribution is 2.38. The Bertz CT molecular complexity index is 1540. The first-order valence-electron chi connectivity index (χ1n) is 17.5.